The number of carbonyl (C=O) groups is 1. The highest BCUT2D eigenvalue weighted by Crippen LogP contribution is 2.41. The molecule has 0 saturated carbocycles. The van der Waals surface area contributed by atoms with Crippen molar-refractivity contribution in [1.82, 2.24) is 10.6 Å². The van der Waals surface area contributed by atoms with E-state index in [1.54, 1.807) is 0 Å². The number of nitrogens with zero attached hydrogens (tertiary/aromatic N) is 1. The molecule has 1 aliphatic carbocycles. The highest BCUT2D eigenvalue weighted by Gasteiger charge is 2.29. The van der Waals surface area contributed by atoms with Gasteiger partial charge < -0.3 is 15.4 Å². The van der Waals surface area contributed by atoms with Crippen LogP contribution >= 0.6 is 23.2 Å². The van der Waals surface area contributed by atoms with Crippen molar-refractivity contribution < 1.29 is 9.53 Å². The Labute approximate surface area is 164 Å². The number of piperidine rings is 1. The van der Waals surface area contributed by atoms with Crippen molar-refractivity contribution >= 4 is 29.1 Å². The molecule has 1 unspecified atom stereocenters. The monoisotopic (exact) mass is 395 g/mol. The lowest BCUT2D eigenvalue weighted by molar-refractivity contribution is -0.126. The van der Waals surface area contributed by atoms with Crippen LogP contribution in [0.3, 0.4) is 0 Å². The molecule has 1 heterocycles. The molecular weight excluding hydrogens is 373 g/mol. The van der Waals surface area contributed by atoms with E-state index in [9.17, 15) is 10.1 Å². The van der Waals surface area contributed by atoms with E-state index >= 15 is 0 Å². The average molecular weight is 396 g/mol. The van der Waals surface area contributed by atoms with E-state index in [2.05, 4.69) is 16.7 Å². The van der Waals surface area contributed by atoms with Crippen LogP contribution in [0.15, 0.2) is 6.07 Å². The number of nitriles is 1. The third kappa shape index (κ3) is 4.09. The molecule has 140 valence electrons. The van der Waals surface area contributed by atoms with Gasteiger partial charge in [-0.15, -0.1) is 11.6 Å². The Bertz CT molecular complexity index is 712. The summed E-state index contributed by atoms with van der Waals surface area (Å²) in [5.41, 5.74) is 2.30. The fourth-order valence-corrected chi connectivity index (χ4v) is 4.22. The van der Waals surface area contributed by atoms with Crippen LogP contribution in [0.5, 0.6) is 5.75 Å². The van der Waals surface area contributed by atoms with Crippen molar-refractivity contribution in [2.75, 3.05) is 25.6 Å². The number of amides is 1. The van der Waals surface area contributed by atoms with Crippen molar-refractivity contribution in [2.45, 2.75) is 38.1 Å². The van der Waals surface area contributed by atoms with E-state index in [0.717, 1.165) is 56.3 Å². The smallest absolute Gasteiger partial charge is 0.223 e. The Morgan fingerprint density at radius 1 is 1.38 bits per heavy atom. The van der Waals surface area contributed by atoms with Crippen LogP contribution < -0.4 is 15.4 Å². The van der Waals surface area contributed by atoms with Gasteiger partial charge in [-0.05, 0) is 62.4 Å². The molecule has 1 aromatic carbocycles. The molecule has 0 spiro atoms. The van der Waals surface area contributed by atoms with Crippen LogP contribution in [0.2, 0.25) is 5.02 Å². The second-order valence-electron chi connectivity index (χ2n) is 6.76. The number of alkyl halides is 1. The summed E-state index contributed by atoms with van der Waals surface area (Å²) in [5.74, 6) is 0.881. The molecule has 2 N–H and O–H groups in total. The standard InChI is InChI=1S/C19H23Cl2N3O2/c20-6-9-26-18-13(11-22)10-15-14(17(18)21)2-1-3-16(15)24-19(25)12-4-7-23-8-5-12/h10,12,16,23H,1-9H2,(H,24,25). The van der Waals surface area contributed by atoms with Gasteiger partial charge in [-0.3, -0.25) is 4.79 Å². The second kappa shape index (κ2) is 8.94. The van der Waals surface area contributed by atoms with E-state index in [-0.39, 0.29) is 17.9 Å². The van der Waals surface area contributed by atoms with E-state index in [0.29, 0.717) is 28.8 Å². The number of carbonyl (C=O) groups excluding carboxylic acids is 1. The molecule has 3 rings (SSSR count). The Morgan fingerprint density at radius 2 is 2.15 bits per heavy atom. The van der Waals surface area contributed by atoms with Gasteiger partial charge in [-0.2, -0.15) is 5.26 Å². The van der Waals surface area contributed by atoms with Crippen molar-refractivity contribution in [3.63, 3.8) is 0 Å². The summed E-state index contributed by atoms with van der Waals surface area (Å²) in [6, 6.07) is 3.87. The lowest BCUT2D eigenvalue weighted by Crippen LogP contribution is -2.40. The Balaban J connectivity index is 1.85. The first-order valence-electron chi connectivity index (χ1n) is 9.11. The number of ether oxygens (including phenoxy) is 1. The summed E-state index contributed by atoms with van der Waals surface area (Å²) in [6.45, 7) is 2.06. The van der Waals surface area contributed by atoms with Crippen molar-refractivity contribution in [1.29, 1.82) is 5.26 Å². The maximum atomic E-state index is 12.6. The quantitative estimate of drug-likeness (QED) is 0.749. The number of fused-ring (bicyclic) bond motifs is 1. The molecule has 26 heavy (non-hydrogen) atoms. The van der Waals surface area contributed by atoms with Crippen LogP contribution in [-0.2, 0) is 11.2 Å². The number of rotatable bonds is 5. The first kappa shape index (κ1) is 19.3. The van der Waals surface area contributed by atoms with Crippen molar-refractivity contribution in [2.24, 2.45) is 5.92 Å². The average Bonchev–Trinajstić information content (AvgIpc) is 2.68. The first-order chi connectivity index (χ1) is 12.7. The number of halogens is 2. The maximum Gasteiger partial charge on any atom is 0.223 e. The fraction of sp³-hybridized carbons (Fsp3) is 0.579. The number of nitrogens with one attached hydrogen (secondary N) is 2. The fourth-order valence-electron chi connectivity index (χ4n) is 3.78. The van der Waals surface area contributed by atoms with Crippen LogP contribution in [0.25, 0.3) is 0 Å². The topological polar surface area (TPSA) is 74.1 Å². The van der Waals surface area contributed by atoms with Gasteiger partial charge in [0.15, 0.2) is 5.75 Å². The predicted octanol–water partition coefficient (Wildman–Crippen LogP) is 3.32. The van der Waals surface area contributed by atoms with Crippen LogP contribution in [0, 0.1) is 17.2 Å². The Morgan fingerprint density at radius 3 is 2.85 bits per heavy atom. The predicted molar refractivity (Wildman–Crippen MR) is 102 cm³/mol. The summed E-state index contributed by atoms with van der Waals surface area (Å²) in [4.78, 5) is 12.6. The molecule has 1 aromatic rings. The van der Waals surface area contributed by atoms with E-state index in [1.165, 1.54) is 0 Å². The largest absolute Gasteiger partial charge is 0.489 e. The molecule has 0 aromatic heterocycles. The van der Waals surface area contributed by atoms with Gasteiger partial charge in [-0.25, -0.2) is 0 Å². The third-order valence-electron chi connectivity index (χ3n) is 5.12. The minimum absolute atomic E-state index is 0.0545. The molecule has 0 bridgehead atoms. The molecule has 1 fully saturated rings. The van der Waals surface area contributed by atoms with Gasteiger partial charge >= 0.3 is 0 Å². The molecular formula is C19H23Cl2N3O2. The SMILES string of the molecule is N#Cc1cc2c(c(Cl)c1OCCCl)CCCC2NC(=O)C1CCNCC1. The molecule has 1 aliphatic heterocycles. The normalized spacial score (nSPS) is 20.1. The number of hydrogen-bond acceptors (Lipinski definition) is 4. The van der Waals surface area contributed by atoms with Gasteiger partial charge in [0.1, 0.15) is 12.7 Å². The molecule has 5 nitrogen and oxygen atoms in total. The Hall–Kier alpha value is -1.48. The molecule has 2 aliphatic rings. The van der Waals surface area contributed by atoms with Gasteiger partial charge in [0.25, 0.3) is 0 Å². The lowest BCUT2D eigenvalue weighted by Gasteiger charge is -2.30. The maximum absolute atomic E-state index is 12.6. The summed E-state index contributed by atoms with van der Waals surface area (Å²) < 4.78 is 5.60. The summed E-state index contributed by atoms with van der Waals surface area (Å²) in [6.07, 6.45) is 4.33. The second-order valence-corrected chi connectivity index (χ2v) is 7.52. The van der Waals surface area contributed by atoms with Crippen molar-refractivity contribution in [3.8, 4) is 11.8 Å². The molecule has 1 saturated heterocycles. The summed E-state index contributed by atoms with van der Waals surface area (Å²) in [7, 11) is 0. The first-order valence-corrected chi connectivity index (χ1v) is 10.0. The summed E-state index contributed by atoms with van der Waals surface area (Å²) >= 11 is 12.3. The highest BCUT2D eigenvalue weighted by atomic mass is 35.5. The summed E-state index contributed by atoms with van der Waals surface area (Å²) in [5, 5.41) is 16.4. The molecule has 0 radical (unpaired) electrons. The van der Waals surface area contributed by atoms with E-state index in [4.69, 9.17) is 27.9 Å². The van der Waals surface area contributed by atoms with Crippen molar-refractivity contribution in [3.05, 3.63) is 27.8 Å². The van der Waals surface area contributed by atoms with E-state index in [1.807, 2.05) is 6.07 Å². The third-order valence-corrected chi connectivity index (χ3v) is 5.68. The van der Waals surface area contributed by atoms with Gasteiger partial charge in [-0.1, -0.05) is 11.6 Å². The van der Waals surface area contributed by atoms with Gasteiger partial charge in [0.2, 0.25) is 5.91 Å². The zero-order valence-electron chi connectivity index (χ0n) is 14.6. The number of benzene rings is 1. The molecule has 1 amide bonds. The minimum Gasteiger partial charge on any atom is -0.489 e. The van der Waals surface area contributed by atoms with Crippen LogP contribution in [-0.4, -0.2) is 31.5 Å². The molecule has 1 atom stereocenters. The number of hydrogen-bond donors (Lipinski definition) is 2. The Kier molecular flexibility index (Phi) is 6.63. The van der Waals surface area contributed by atoms with Crippen LogP contribution in [0.1, 0.15) is 48.4 Å². The molecule has 7 heteroatoms. The lowest BCUT2D eigenvalue weighted by atomic mass is 9.85. The zero-order valence-corrected chi connectivity index (χ0v) is 16.1. The van der Waals surface area contributed by atoms with E-state index < -0.39 is 0 Å². The minimum atomic E-state index is -0.104. The van der Waals surface area contributed by atoms with Crippen LogP contribution in [0.4, 0.5) is 0 Å². The van der Waals surface area contributed by atoms with Gasteiger partial charge in [0, 0.05) is 5.92 Å². The van der Waals surface area contributed by atoms with Gasteiger partial charge in [0.05, 0.1) is 22.5 Å². The highest BCUT2D eigenvalue weighted by molar-refractivity contribution is 6.33. The zero-order chi connectivity index (χ0) is 18.5.